The van der Waals surface area contributed by atoms with E-state index in [0.29, 0.717) is 31.4 Å². The van der Waals surface area contributed by atoms with Crippen LogP contribution in [-0.2, 0) is 6.18 Å². The maximum atomic E-state index is 12.7. The lowest BCUT2D eigenvalue weighted by molar-refractivity contribution is -0.137. The highest BCUT2D eigenvalue weighted by molar-refractivity contribution is 5.94. The Balaban J connectivity index is 2.39. The lowest BCUT2D eigenvalue weighted by atomic mass is 10.1. The maximum absolute atomic E-state index is 12.7. The van der Waals surface area contributed by atoms with Crippen molar-refractivity contribution in [2.24, 2.45) is 0 Å². The third kappa shape index (κ3) is 3.22. The normalized spacial score (nSPS) is 16.9. The minimum Gasteiger partial charge on any atom is -0.478 e. The van der Waals surface area contributed by atoms with Gasteiger partial charge in [-0.2, -0.15) is 13.2 Å². The van der Waals surface area contributed by atoms with Crippen LogP contribution in [0, 0.1) is 0 Å². The Bertz CT molecular complexity index is 495. The van der Waals surface area contributed by atoms with Crippen LogP contribution in [0.1, 0.15) is 22.3 Å². The van der Waals surface area contributed by atoms with E-state index in [1.165, 1.54) is 6.07 Å². The van der Waals surface area contributed by atoms with E-state index < -0.39 is 17.7 Å². The number of alkyl halides is 3. The average molecular weight is 288 g/mol. The van der Waals surface area contributed by atoms with E-state index in [2.05, 4.69) is 5.32 Å². The predicted octanol–water partition coefficient (Wildman–Crippen LogP) is 2.20. The Morgan fingerprint density at radius 3 is 2.65 bits per heavy atom. The van der Waals surface area contributed by atoms with Gasteiger partial charge in [0.05, 0.1) is 16.8 Å². The van der Waals surface area contributed by atoms with Crippen LogP contribution in [0.15, 0.2) is 18.2 Å². The monoisotopic (exact) mass is 288 g/mol. The van der Waals surface area contributed by atoms with Gasteiger partial charge in [-0.15, -0.1) is 0 Å². The molecule has 0 saturated carbocycles. The summed E-state index contributed by atoms with van der Waals surface area (Å²) in [6.07, 6.45) is -3.72. The minimum atomic E-state index is -4.54. The Hall–Kier alpha value is -1.76. The first-order valence-corrected chi connectivity index (χ1v) is 6.30. The van der Waals surface area contributed by atoms with Gasteiger partial charge in [0, 0.05) is 19.6 Å². The number of rotatable bonds is 2. The summed E-state index contributed by atoms with van der Waals surface area (Å²) in [5.41, 5.74) is -0.900. The molecule has 1 aromatic carbocycles. The third-order valence-corrected chi connectivity index (χ3v) is 3.24. The topological polar surface area (TPSA) is 52.6 Å². The molecular formula is C13H15F3N2O2. The van der Waals surface area contributed by atoms with Crippen molar-refractivity contribution in [2.45, 2.75) is 12.6 Å². The van der Waals surface area contributed by atoms with Gasteiger partial charge in [0.2, 0.25) is 0 Å². The van der Waals surface area contributed by atoms with Crippen molar-refractivity contribution >= 4 is 11.7 Å². The molecule has 0 atom stereocenters. The van der Waals surface area contributed by atoms with E-state index in [-0.39, 0.29) is 5.56 Å². The molecule has 4 nitrogen and oxygen atoms in total. The molecule has 110 valence electrons. The third-order valence-electron chi connectivity index (χ3n) is 3.24. The predicted molar refractivity (Wildman–Crippen MR) is 68.1 cm³/mol. The number of carboxylic acids is 1. The van der Waals surface area contributed by atoms with Gasteiger partial charge in [0.15, 0.2) is 0 Å². The molecule has 0 aliphatic carbocycles. The summed E-state index contributed by atoms with van der Waals surface area (Å²) < 4.78 is 38.0. The first-order valence-electron chi connectivity index (χ1n) is 6.30. The van der Waals surface area contributed by atoms with Crippen molar-refractivity contribution in [3.63, 3.8) is 0 Å². The highest BCUT2D eigenvalue weighted by atomic mass is 19.4. The zero-order chi connectivity index (χ0) is 14.8. The van der Waals surface area contributed by atoms with Crippen LogP contribution in [0.3, 0.4) is 0 Å². The minimum absolute atomic E-state index is 0.304. The number of halogens is 3. The number of carboxylic acid groups (broad SMARTS) is 1. The van der Waals surface area contributed by atoms with Crippen molar-refractivity contribution < 1.29 is 23.1 Å². The number of hydrogen-bond acceptors (Lipinski definition) is 3. The maximum Gasteiger partial charge on any atom is 0.416 e. The summed E-state index contributed by atoms with van der Waals surface area (Å²) in [5, 5.41) is 12.3. The van der Waals surface area contributed by atoms with E-state index in [0.717, 1.165) is 19.0 Å². The fraction of sp³-hybridized carbons (Fsp3) is 0.462. The fourth-order valence-corrected chi connectivity index (χ4v) is 2.25. The molecule has 2 N–H and O–H groups in total. The standard InChI is InChI=1S/C13H15F3N2O2/c14-13(15,16)9-2-3-11(10(8-9)12(19)20)18-6-1-4-17-5-7-18/h2-3,8,17H,1,4-7H2,(H,19,20). The Labute approximate surface area is 114 Å². The van der Waals surface area contributed by atoms with E-state index >= 15 is 0 Å². The van der Waals surface area contributed by atoms with Gasteiger partial charge in [-0.05, 0) is 31.2 Å². The number of aromatic carboxylic acids is 1. The number of hydrogen-bond donors (Lipinski definition) is 2. The van der Waals surface area contributed by atoms with Gasteiger partial charge in [-0.3, -0.25) is 0 Å². The zero-order valence-electron chi connectivity index (χ0n) is 10.7. The largest absolute Gasteiger partial charge is 0.478 e. The van der Waals surface area contributed by atoms with Crippen molar-refractivity contribution in [1.82, 2.24) is 5.32 Å². The molecule has 1 aromatic rings. The van der Waals surface area contributed by atoms with E-state index in [4.69, 9.17) is 5.11 Å². The Kier molecular flexibility index (Phi) is 4.17. The molecule has 0 amide bonds. The number of carbonyl (C=O) groups is 1. The molecule has 20 heavy (non-hydrogen) atoms. The van der Waals surface area contributed by atoms with E-state index in [1.807, 2.05) is 4.90 Å². The summed E-state index contributed by atoms with van der Waals surface area (Å²) >= 11 is 0. The second-order valence-electron chi connectivity index (χ2n) is 4.63. The molecule has 0 radical (unpaired) electrons. The van der Waals surface area contributed by atoms with Crippen LogP contribution >= 0.6 is 0 Å². The van der Waals surface area contributed by atoms with Crippen molar-refractivity contribution in [3.05, 3.63) is 29.3 Å². The molecule has 1 aliphatic heterocycles. The molecule has 7 heteroatoms. The fourth-order valence-electron chi connectivity index (χ4n) is 2.25. The van der Waals surface area contributed by atoms with Crippen LogP contribution in [0.25, 0.3) is 0 Å². The lowest BCUT2D eigenvalue weighted by Crippen LogP contribution is -2.29. The van der Waals surface area contributed by atoms with Gasteiger partial charge in [0.1, 0.15) is 0 Å². The molecule has 0 bridgehead atoms. The molecule has 1 aliphatic rings. The highest BCUT2D eigenvalue weighted by Gasteiger charge is 2.32. The Morgan fingerprint density at radius 1 is 1.25 bits per heavy atom. The average Bonchev–Trinajstić information content (AvgIpc) is 2.65. The lowest BCUT2D eigenvalue weighted by Gasteiger charge is -2.24. The van der Waals surface area contributed by atoms with Crippen LogP contribution in [-0.4, -0.2) is 37.3 Å². The van der Waals surface area contributed by atoms with Crippen molar-refractivity contribution in [3.8, 4) is 0 Å². The first kappa shape index (κ1) is 14.6. The first-order chi connectivity index (χ1) is 9.39. The summed E-state index contributed by atoms with van der Waals surface area (Å²) in [5.74, 6) is -1.34. The summed E-state index contributed by atoms with van der Waals surface area (Å²) in [6.45, 7) is 2.70. The smallest absolute Gasteiger partial charge is 0.416 e. The number of nitrogens with one attached hydrogen (secondary N) is 1. The zero-order valence-corrected chi connectivity index (χ0v) is 10.7. The number of nitrogens with zero attached hydrogens (tertiary/aromatic N) is 1. The van der Waals surface area contributed by atoms with Gasteiger partial charge in [-0.25, -0.2) is 4.79 Å². The second-order valence-corrected chi connectivity index (χ2v) is 4.63. The SMILES string of the molecule is O=C(O)c1cc(C(F)(F)F)ccc1N1CCCNCC1. The molecule has 0 spiro atoms. The van der Waals surface area contributed by atoms with Crippen LogP contribution < -0.4 is 10.2 Å². The second kappa shape index (κ2) is 5.70. The molecule has 1 heterocycles. The quantitative estimate of drug-likeness (QED) is 0.876. The summed E-state index contributed by atoms with van der Waals surface area (Å²) in [4.78, 5) is 13.0. The number of anilines is 1. The van der Waals surface area contributed by atoms with Crippen LogP contribution in [0.2, 0.25) is 0 Å². The van der Waals surface area contributed by atoms with Crippen LogP contribution in [0.4, 0.5) is 18.9 Å². The molecule has 0 unspecified atom stereocenters. The van der Waals surface area contributed by atoms with Gasteiger partial charge >= 0.3 is 12.1 Å². The van der Waals surface area contributed by atoms with Crippen molar-refractivity contribution in [2.75, 3.05) is 31.1 Å². The van der Waals surface area contributed by atoms with E-state index in [1.54, 1.807) is 0 Å². The Morgan fingerprint density at radius 2 is 2.00 bits per heavy atom. The summed E-state index contributed by atoms with van der Waals surface area (Å²) in [7, 11) is 0. The van der Waals surface area contributed by atoms with E-state index in [9.17, 15) is 18.0 Å². The molecule has 2 rings (SSSR count). The van der Waals surface area contributed by atoms with Gasteiger partial charge in [-0.1, -0.05) is 0 Å². The van der Waals surface area contributed by atoms with Crippen molar-refractivity contribution in [1.29, 1.82) is 0 Å². The number of benzene rings is 1. The highest BCUT2D eigenvalue weighted by Crippen LogP contribution is 2.33. The molecule has 1 saturated heterocycles. The van der Waals surface area contributed by atoms with Gasteiger partial charge < -0.3 is 15.3 Å². The molecule has 0 aromatic heterocycles. The molecule has 1 fully saturated rings. The molecular weight excluding hydrogens is 273 g/mol. The van der Waals surface area contributed by atoms with Crippen LogP contribution in [0.5, 0.6) is 0 Å². The summed E-state index contributed by atoms with van der Waals surface area (Å²) in [6, 6.07) is 2.88. The van der Waals surface area contributed by atoms with Gasteiger partial charge in [0.25, 0.3) is 0 Å².